The van der Waals surface area contributed by atoms with Gasteiger partial charge in [0.05, 0.1) is 0 Å². The average Bonchev–Trinajstić information content (AvgIpc) is 0.722. The molecule has 0 unspecified atom stereocenters. The topological polar surface area (TPSA) is 0 Å². The van der Waals surface area contributed by atoms with Gasteiger partial charge in [-0.3, -0.25) is 0 Å². The minimum atomic E-state index is -5.50. The summed E-state index contributed by atoms with van der Waals surface area (Å²) in [6.45, 7) is 0. The summed E-state index contributed by atoms with van der Waals surface area (Å²) >= 11 is 0. The third-order valence-corrected chi connectivity index (χ3v) is 0. The Balaban J connectivity index is -0.0000000800. The third-order valence-electron chi connectivity index (χ3n) is 0. The Kier molecular flexibility index (Phi) is 11.5. The van der Waals surface area contributed by atoms with Gasteiger partial charge in [-0.2, -0.15) is 0 Å². The van der Waals surface area contributed by atoms with Crippen LogP contribution in [0.25, 0.3) is 0 Å². The van der Waals surface area contributed by atoms with Crippen LogP contribution in [0.3, 0.4) is 0 Å². The SMILES string of the molecule is C.FC(F)(F)F.[Ar]. The van der Waals surface area contributed by atoms with E-state index in [0.717, 1.165) is 0 Å². The summed E-state index contributed by atoms with van der Waals surface area (Å²) < 4.78 is 38.8. The van der Waals surface area contributed by atoms with Crippen LogP contribution < -0.4 is 0 Å². The predicted octanol–water partition coefficient (Wildman–Crippen LogP) is 2.11. The zero-order chi connectivity index (χ0) is 4.50. The van der Waals surface area contributed by atoms with Gasteiger partial charge in [0.25, 0.3) is 0 Å². The van der Waals surface area contributed by atoms with E-state index in [0.29, 0.717) is 0 Å². The van der Waals surface area contributed by atoms with E-state index in [1.54, 1.807) is 0 Å². The number of alkyl halides is 4. The summed E-state index contributed by atoms with van der Waals surface area (Å²) in [5.74, 6) is 0. The Morgan fingerprint density at radius 3 is 0.857 bits per heavy atom. The molecule has 0 aliphatic carbocycles. The van der Waals surface area contributed by atoms with Crippen LogP contribution in [0.4, 0.5) is 17.6 Å². The quantitative estimate of drug-likeness (QED) is 0.456. The van der Waals surface area contributed by atoms with Crippen molar-refractivity contribution in [1.29, 1.82) is 0 Å². The van der Waals surface area contributed by atoms with Crippen molar-refractivity contribution in [3.63, 3.8) is 0 Å². The normalized spacial score (nSPS) is 8.57. The second kappa shape index (κ2) is 5.12. The Bertz CT molecular complexity index is 25.2. The molecule has 0 rings (SSSR count). The van der Waals surface area contributed by atoms with Crippen LogP contribution in [0.5, 0.6) is 0 Å². The standard InChI is InChI=1S/CF4.CH4.Ar/c2-1(3,4)5;;/h;1H4;. The van der Waals surface area contributed by atoms with E-state index < -0.39 is 6.43 Å². The van der Waals surface area contributed by atoms with Crippen LogP contribution in [0.1, 0.15) is 7.43 Å². The molecule has 0 aromatic heterocycles. The first-order chi connectivity index (χ1) is 2.00. The molecule has 7 heavy (non-hydrogen) atoms. The Morgan fingerprint density at radius 2 is 0.857 bits per heavy atom. The van der Waals surface area contributed by atoms with Crippen molar-refractivity contribution in [3.05, 3.63) is 0 Å². The van der Waals surface area contributed by atoms with Crippen molar-refractivity contribution < 1.29 is 55.3 Å². The van der Waals surface area contributed by atoms with Gasteiger partial charge < -0.3 is 0 Å². The molecule has 0 spiro atoms. The first-order valence-electron chi connectivity index (χ1n) is 0.756. The van der Waals surface area contributed by atoms with Gasteiger partial charge in [-0.15, -0.1) is 17.6 Å². The van der Waals surface area contributed by atoms with E-state index in [9.17, 15) is 17.6 Å². The summed E-state index contributed by atoms with van der Waals surface area (Å²) in [6.07, 6.45) is -5.50. The van der Waals surface area contributed by atoms with E-state index in [1.807, 2.05) is 0 Å². The summed E-state index contributed by atoms with van der Waals surface area (Å²) in [6, 6.07) is 0. The molecular weight excluding hydrogens is 140 g/mol. The van der Waals surface area contributed by atoms with E-state index in [2.05, 4.69) is 0 Å². The molecule has 0 nitrogen and oxygen atoms in total. The van der Waals surface area contributed by atoms with Gasteiger partial charge >= 0.3 is 6.43 Å². The molecule has 0 saturated carbocycles. The van der Waals surface area contributed by atoms with Gasteiger partial charge in [0.1, 0.15) is 0 Å². The van der Waals surface area contributed by atoms with E-state index in [4.69, 9.17) is 0 Å². The molecular formula is C2H4ArF4. The van der Waals surface area contributed by atoms with Gasteiger partial charge in [0.2, 0.25) is 0 Å². The minimum absolute atomic E-state index is 0. The van der Waals surface area contributed by atoms with Gasteiger partial charge in [0, 0.05) is 37.7 Å². The summed E-state index contributed by atoms with van der Waals surface area (Å²) in [5.41, 5.74) is 0. The van der Waals surface area contributed by atoms with Gasteiger partial charge in [-0.25, -0.2) is 0 Å². The molecule has 0 saturated heterocycles. The average molecular weight is 144 g/mol. The van der Waals surface area contributed by atoms with Crippen LogP contribution in [0.2, 0.25) is 0 Å². The van der Waals surface area contributed by atoms with Crippen molar-refractivity contribution >= 4 is 0 Å². The molecule has 0 heterocycles. The molecule has 48 valence electrons. The Labute approximate surface area is 68.9 Å². The fraction of sp³-hybridized carbons (Fsp3) is 1.00. The molecule has 0 atom stereocenters. The maximum absolute atomic E-state index is 9.69. The fourth-order valence-corrected chi connectivity index (χ4v) is 0. The zero-order valence-corrected chi connectivity index (χ0v) is 3.07. The van der Waals surface area contributed by atoms with E-state index >= 15 is 0 Å². The Hall–Kier alpha value is 0.980. The molecule has 0 radical (unpaired) electrons. The van der Waals surface area contributed by atoms with Crippen LogP contribution in [0.15, 0.2) is 0 Å². The number of hydrogen-bond donors (Lipinski definition) is 0. The number of hydrogen-bond acceptors (Lipinski definition) is 0. The summed E-state index contributed by atoms with van der Waals surface area (Å²) in [7, 11) is 0. The van der Waals surface area contributed by atoms with Gasteiger partial charge in [0.15, 0.2) is 0 Å². The van der Waals surface area contributed by atoms with Crippen LogP contribution in [0, 0.1) is 37.7 Å². The maximum Gasteiger partial charge on any atom is 0.559 e. The van der Waals surface area contributed by atoms with Crippen molar-refractivity contribution in [1.82, 2.24) is 0 Å². The maximum atomic E-state index is 9.69. The molecule has 0 aromatic carbocycles. The zero-order valence-electron chi connectivity index (χ0n) is 2.37. The molecule has 0 N–H and O–H groups in total. The smallest absolute Gasteiger partial charge is 0.140 e. The monoisotopic (exact) mass is 144 g/mol. The second-order valence-electron chi connectivity index (χ2n) is 0.429. The van der Waals surface area contributed by atoms with Crippen LogP contribution in [-0.2, 0) is 0 Å². The minimum Gasteiger partial charge on any atom is -0.140 e. The predicted molar refractivity (Wildman–Crippen MR) is 13.9 cm³/mol. The Morgan fingerprint density at radius 1 is 0.857 bits per heavy atom. The molecule has 5 heteroatoms. The summed E-state index contributed by atoms with van der Waals surface area (Å²) in [5, 5.41) is 0. The number of halogens is 4. The molecule has 0 amide bonds. The van der Waals surface area contributed by atoms with Crippen molar-refractivity contribution in [3.8, 4) is 0 Å². The van der Waals surface area contributed by atoms with Gasteiger partial charge in [-0.1, -0.05) is 7.43 Å². The van der Waals surface area contributed by atoms with Crippen molar-refractivity contribution in [2.45, 2.75) is 13.9 Å². The fourth-order valence-electron chi connectivity index (χ4n) is 0. The van der Waals surface area contributed by atoms with Gasteiger partial charge in [-0.05, 0) is 0 Å². The number of rotatable bonds is 0. The molecule has 0 aromatic rings. The molecule has 0 fully saturated rings. The molecule has 0 bridgehead atoms. The molecule has 0 aliphatic heterocycles. The van der Waals surface area contributed by atoms with Crippen LogP contribution in [-0.4, -0.2) is 6.43 Å². The first kappa shape index (κ1) is 15.7. The molecule has 0 aliphatic rings. The first-order valence-corrected chi connectivity index (χ1v) is 0.756. The van der Waals surface area contributed by atoms with Crippen molar-refractivity contribution in [2.75, 3.05) is 0 Å². The third kappa shape index (κ3) is 180. The van der Waals surface area contributed by atoms with E-state index in [1.165, 1.54) is 0 Å². The summed E-state index contributed by atoms with van der Waals surface area (Å²) in [4.78, 5) is 0. The van der Waals surface area contributed by atoms with E-state index in [-0.39, 0.29) is 45.2 Å². The van der Waals surface area contributed by atoms with Crippen LogP contribution >= 0.6 is 0 Å². The van der Waals surface area contributed by atoms with Crippen molar-refractivity contribution in [2.24, 2.45) is 0 Å². The second-order valence-corrected chi connectivity index (χ2v) is 0.429. The largest absolute Gasteiger partial charge is 0.559 e.